The van der Waals surface area contributed by atoms with Crippen LogP contribution in [-0.2, 0) is 16.6 Å². The van der Waals surface area contributed by atoms with E-state index in [1.807, 2.05) is 13.2 Å². The van der Waals surface area contributed by atoms with Gasteiger partial charge in [0.15, 0.2) is 11.5 Å². The molecule has 2 heterocycles. The SMILES string of the molecule is CCC(C)(C)[C@](C)(O)[C@H]1C[C@@]23CC[C@]1(OC)[C@@H]1Oc4c(O)ccc5c4[C@@]12CCN(CC1CC1)[C@@H]3C5. The first-order valence-corrected chi connectivity index (χ1v) is 14.1. The molecule has 1 aromatic carbocycles. The lowest BCUT2D eigenvalue weighted by Crippen LogP contribution is -2.83. The number of phenols is 1. The van der Waals surface area contributed by atoms with E-state index in [-0.39, 0.29) is 34.0 Å². The Bertz CT molecular complexity index is 1080. The van der Waals surface area contributed by atoms with Crippen LogP contribution in [0.4, 0.5) is 0 Å². The molecule has 7 atom stereocenters. The molecule has 2 spiro atoms. The average Bonchev–Trinajstić information content (AvgIpc) is 3.58. The van der Waals surface area contributed by atoms with Crippen molar-refractivity contribution in [3.8, 4) is 11.5 Å². The molecule has 0 amide bonds. The monoisotopic (exact) mass is 481 g/mol. The Morgan fingerprint density at radius 3 is 2.63 bits per heavy atom. The summed E-state index contributed by atoms with van der Waals surface area (Å²) >= 11 is 0. The number of rotatable bonds is 6. The first-order valence-electron chi connectivity index (χ1n) is 14.1. The van der Waals surface area contributed by atoms with Crippen molar-refractivity contribution in [3.05, 3.63) is 23.3 Å². The van der Waals surface area contributed by atoms with Crippen LogP contribution in [0.5, 0.6) is 11.5 Å². The molecule has 4 saturated carbocycles. The van der Waals surface area contributed by atoms with E-state index in [0.717, 1.165) is 51.0 Å². The number of likely N-dealkylation sites (tertiary alicyclic amines) is 1. The van der Waals surface area contributed by atoms with E-state index in [9.17, 15) is 10.2 Å². The summed E-state index contributed by atoms with van der Waals surface area (Å²) in [5, 5.41) is 23.4. The molecule has 1 saturated heterocycles. The lowest BCUT2D eigenvalue weighted by molar-refractivity contribution is -0.313. The van der Waals surface area contributed by atoms with Crippen molar-refractivity contribution in [3.63, 3.8) is 0 Å². The molecule has 7 aliphatic rings. The van der Waals surface area contributed by atoms with E-state index in [2.05, 4.69) is 38.7 Å². The molecule has 0 aromatic heterocycles. The highest BCUT2D eigenvalue weighted by Gasteiger charge is 2.82. The lowest BCUT2D eigenvalue weighted by atomic mass is 9.33. The second-order valence-corrected chi connectivity index (χ2v) is 13.8. The number of hydrogen-bond acceptors (Lipinski definition) is 5. The lowest BCUT2D eigenvalue weighted by Gasteiger charge is -2.75. The molecule has 35 heavy (non-hydrogen) atoms. The van der Waals surface area contributed by atoms with E-state index >= 15 is 0 Å². The van der Waals surface area contributed by atoms with Gasteiger partial charge in [-0.2, -0.15) is 0 Å². The van der Waals surface area contributed by atoms with Gasteiger partial charge in [-0.15, -0.1) is 0 Å². The molecule has 5 fully saturated rings. The number of benzene rings is 1. The summed E-state index contributed by atoms with van der Waals surface area (Å²) in [5.41, 5.74) is 0.836. The van der Waals surface area contributed by atoms with Crippen LogP contribution in [0.2, 0.25) is 0 Å². The zero-order valence-corrected chi connectivity index (χ0v) is 22.2. The molecule has 5 nitrogen and oxygen atoms in total. The molecule has 4 bridgehead atoms. The van der Waals surface area contributed by atoms with Crippen LogP contribution in [-0.4, -0.2) is 58.7 Å². The minimum Gasteiger partial charge on any atom is -0.504 e. The first-order chi connectivity index (χ1) is 16.6. The number of hydrogen-bond donors (Lipinski definition) is 2. The van der Waals surface area contributed by atoms with Gasteiger partial charge in [0, 0.05) is 42.0 Å². The molecule has 2 aliphatic heterocycles. The standard InChI is InChI=1S/C30H43NO4/c1-6-26(2,3)27(4,33)21-16-28-11-12-30(21,34-5)25-29(28)13-14-31(17-18-7-8-18)22(28)15-19-9-10-20(32)24(35-25)23(19)29/h9-10,18,21-22,25,32-33H,6-8,11-17H2,1-5H3/t21-,22-,25-,27-,28-,29+,30-/m1/s1. The minimum absolute atomic E-state index is 0.0248. The predicted octanol–water partition coefficient (Wildman–Crippen LogP) is 4.80. The van der Waals surface area contributed by atoms with E-state index in [1.165, 1.54) is 30.5 Å². The summed E-state index contributed by atoms with van der Waals surface area (Å²) in [6.07, 6.45) is 8.56. The van der Waals surface area contributed by atoms with Gasteiger partial charge in [0.05, 0.1) is 5.60 Å². The third-order valence-corrected chi connectivity index (χ3v) is 12.6. The molecule has 1 aromatic rings. The molecule has 0 unspecified atom stereocenters. The molecule has 2 N–H and O–H groups in total. The van der Waals surface area contributed by atoms with E-state index < -0.39 is 11.2 Å². The normalized spacial score (nSPS) is 43.0. The van der Waals surface area contributed by atoms with Crippen LogP contribution in [0, 0.1) is 22.7 Å². The quantitative estimate of drug-likeness (QED) is 0.611. The Balaban J connectivity index is 1.46. The number of ether oxygens (including phenoxy) is 2. The number of aliphatic hydroxyl groups is 1. The van der Waals surface area contributed by atoms with Crippen molar-refractivity contribution in [2.45, 2.75) is 108 Å². The highest BCUT2D eigenvalue weighted by Crippen LogP contribution is 2.78. The third-order valence-electron chi connectivity index (χ3n) is 12.6. The molecule has 0 radical (unpaired) electrons. The summed E-state index contributed by atoms with van der Waals surface area (Å²) in [5.74, 6) is 1.81. The summed E-state index contributed by atoms with van der Waals surface area (Å²) in [4.78, 5) is 2.83. The molecular formula is C30H43NO4. The van der Waals surface area contributed by atoms with Gasteiger partial charge in [-0.05, 0) is 87.8 Å². The van der Waals surface area contributed by atoms with E-state index in [1.54, 1.807) is 0 Å². The van der Waals surface area contributed by atoms with Crippen molar-refractivity contribution < 1.29 is 19.7 Å². The van der Waals surface area contributed by atoms with Gasteiger partial charge in [-0.3, -0.25) is 4.90 Å². The summed E-state index contributed by atoms with van der Waals surface area (Å²) < 4.78 is 13.5. The van der Waals surface area contributed by atoms with E-state index in [4.69, 9.17) is 9.47 Å². The summed E-state index contributed by atoms with van der Waals surface area (Å²) in [7, 11) is 1.84. The second-order valence-electron chi connectivity index (χ2n) is 13.8. The van der Waals surface area contributed by atoms with Gasteiger partial charge in [0.2, 0.25) is 0 Å². The topological polar surface area (TPSA) is 62.2 Å². The van der Waals surface area contributed by atoms with Crippen LogP contribution < -0.4 is 4.74 Å². The Kier molecular flexibility index (Phi) is 4.42. The third kappa shape index (κ3) is 2.43. The molecule has 5 aliphatic carbocycles. The van der Waals surface area contributed by atoms with Gasteiger partial charge in [-0.1, -0.05) is 26.8 Å². The van der Waals surface area contributed by atoms with Crippen molar-refractivity contribution in [2.24, 2.45) is 22.7 Å². The highest BCUT2D eigenvalue weighted by molar-refractivity contribution is 5.63. The molecule has 192 valence electrons. The second kappa shape index (κ2) is 6.76. The maximum Gasteiger partial charge on any atom is 0.165 e. The van der Waals surface area contributed by atoms with Crippen LogP contribution in [0.25, 0.3) is 0 Å². The van der Waals surface area contributed by atoms with Crippen molar-refractivity contribution in [1.29, 1.82) is 0 Å². The fourth-order valence-corrected chi connectivity index (χ4v) is 9.89. The fourth-order valence-electron chi connectivity index (χ4n) is 9.89. The summed E-state index contributed by atoms with van der Waals surface area (Å²) in [6.45, 7) is 11.0. The van der Waals surface area contributed by atoms with Gasteiger partial charge in [-0.25, -0.2) is 0 Å². The Morgan fingerprint density at radius 1 is 1.17 bits per heavy atom. The maximum atomic E-state index is 12.4. The van der Waals surface area contributed by atoms with Crippen LogP contribution in [0.15, 0.2) is 12.1 Å². The number of aromatic hydroxyl groups is 1. The van der Waals surface area contributed by atoms with Gasteiger partial charge < -0.3 is 19.7 Å². The van der Waals surface area contributed by atoms with Crippen LogP contribution >= 0.6 is 0 Å². The fraction of sp³-hybridized carbons (Fsp3) is 0.800. The number of phenolic OH excluding ortho intramolecular Hbond substituents is 1. The Hall–Kier alpha value is -1.30. The van der Waals surface area contributed by atoms with Gasteiger partial charge >= 0.3 is 0 Å². The van der Waals surface area contributed by atoms with Crippen LogP contribution in [0.3, 0.4) is 0 Å². The number of piperidine rings is 1. The largest absolute Gasteiger partial charge is 0.504 e. The Labute approximate surface area is 210 Å². The summed E-state index contributed by atoms with van der Waals surface area (Å²) in [6, 6.07) is 4.47. The zero-order chi connectivity index (χ0) is 24.6. The van der Waals surface area contributed by atoms with E-state index in [0.29, 0.717) is 11.8 Å². The zero-order valence-electron chi connectivity index (χ0n) is 22.2. The maximum absolute atomic E-state index is 12.4. The average molecular weight is 482 g/mol. The Morgan fingerprint density at radius 2 is 1.94 bits per heavy atom. The molecule has 5 heteroatoms. The number of methoxy groups -OCH3 is 1. The highest BCUT2D eigenvalue weighted by atomic mass is 16.6. The smallest absolute Gasteiger partial charge is 0.165 e. The predicted molar refractivity (Wildman–Crippen MR) is 135 cm³/mol. The molecular weight excluding hydrogens is 438 g/mol. The van der Waals surface area contributed by atoms with Crippen molar-refractivity contribution in [1.82, 2.24) is 4.90 Å². The van der Waals surface area contributed by atoms with Crippen LogP contribution in [0.1, 0.15) is 83.8 Å². The first kappa shape index (κ1) is 22.9. The number of fused-ring (bicyclic) bond motifs is 2. The molecule has 8 rings (SSSR count). The number of nitrogens with zero attached hydrogens (tertiary/aromatic N) is 1. The van der Waals surface area contributed by atoms with Gasteiger partial charge in [0.25, 0.3) is 0 Å². The van der Waals surface area contributed by atoms with Crippen molar-refractivity contribution >= 4 is 0 Å². The van der Waals surface area contributed by atoms with Crippen molar-refractivity contribution in [2.75, 3.05) is 20.2 Å². The minimum atomic E-state index is -0.900. The van der Waals surface area contributed by atoms with Gasteiger partial charge in [0.1, 0.15) is 11.7 Å².